The molecule has 1 aliphatic heterocycles. The number of nitrogens with two attached hydrogens (primary N) is 1. The van der Waals surface area contributed by atoms with E-state index < -0.39 is 11.5 Å². The van der Waals surface area contributed by atoms with Gasteiger partial charge in [-0.2, -0.15) is 5.10 Å². The maximum atomic E-state index is 13.8. The van der Waals surface area contributed by atoms with Crippen LogP contribution < -0.4 is 21.3 Å². The van der Waals surface area contributed by atoms with E-state index in [2.05, 4.69) is 20.6 Å². The molecule has 0 aromatic carbocycles. The number of morpholine rings is 1. The summed E-state index contributed by atoms with van der Waals surface area (Å²) in [5.74, 6) is 1.85. The molecule has 1 saturated heterocycles. The number of amides is 3. The number of anilines is 1. The van der Waals surface area contributed by atoms with Gasteiger partial charge in [-0.15, -0.1) is 0 Å². The Morgan fingerprint density at radius 1 is 1.21 bits per heavy atom. The van der Waals surface area contributed by atoms with Crippen molar-refractivity contribution >= 4 is 29.9 Å². The zero-order valence-electron chi connectivity index (χ0n) is 23.3. The number of rotatable bonds is 9. The molecule has 214 valence electrons. The fourth-order valence-corrected chi connectivity index (χ4v) is 7.49. The Bertz CT molecular complexity index is 1110. The van der Waals surface area contributed by atoms with E-state index in [0.29, 0.717) is 68.6 Å². The molecule has 2 heterocycles. The number of hydrogen-bond donors (Lipinski definition) is 3. The van der Waals surface area contributed by atoms with Crippen LogP contribution in [-0.4, -0.2) is 73.2 Å². The van der Waals surface area contributed by atoms with Crippen LogP contribution in [-0.2, 0) is 14.3 Å². The number of carbonyl (C=O) groups is 3. The van der Waals surface area contributed by atoms with E-state index in [4.69, 9.17) is 15.2 Å². The SMILES string of the molecule is CCNC(=O)C(C)(C)C=Cn1ncc(C(=O)NC2C3CC4CC2CC(COC(N)=O)(C4)C3)c1N1CCOCC1. The molecule has 4 N–H and O–H groups in total. The highest BCUT2D eigenvalue weighted by Crippen LogP contribution is 2.60. The van der Waals surface area contributed by atoms with Crippen LogP contribution in [0.5, 0.6) is 0 Å². The summed E-state index contributed by atoms with van der Waals surface area (Å²) in [4.78, 5) is 39.7. The molecule has 4 saturated carbocycles. The van der Waals surface area contributed by atoms with Gasteiger partial charge in [-0.05, 0) is 70.6 Å². The molecule has 0 spiro atoms. The van der Waals surface area contributed by atoms with Crippen molar-refractivity contribution in [3.8, 4) is 0 Å². The maximum absolute atomic E-state index is 13.8. The molecule has 3 amide bonds. The molecule has 6 rings (SSSR count). The molecule has 1 aromatic rings. The van der Waals surface area contributed by atoms with E-state index in [-0.39, 0.29) is 23.3 Å². The average Bonchev–Trinajstić information content (AvgIpc) is 3.33. The second-order valence-electron chi connectivity index (χ2n) is 12.4. The number of nitrogens with zero attached hydrogens (tertiary/aromatic N) is 3. The first-order chi connectivity index (χ1) is 18.6. The quantitative estimate of drug-likeness (QED) is 0.435. The smallest absolute Gasteiger partial charge is 0.404 e. The largest absolute Gasteiger partial charge is 0.449 e. The molecule has 2 atom stereocenters. The normalized spacial score (nSPS) is 30.0. The molecule has 5 fully saturated rings. The Balaban J connectivity index is 1.35. The van der Waals surface area contributed by atoms with Crippen LogP contribution in [0.2, 0.25) is 0 Å². The van der Waals surface area contributed by atoms with E-state index in [9.17, 15) is 14.4 Å². The zero-order valence-corrected chi connectivity index (χ0v) is 23.3. The van der Waals surface area contributed by atoms with E-state index in [1.54, 1.807) is 17.1 Å². The molecule has 11 heteroatoms. The van der Waals surface area contributed by atoms with E-state index >= 15 is 0 Å². The predicted molar refractivity (Wildman–Crippen MR) is 146 cm³/mol. The number of ether oxygens (including phenoxy) is 2. The first kappa shape index (κ1) is 27.5. The van der Waals surface area contributed by atoms with Crippen molar-refractivity contribution in [3.63, 3.8) is 0 Å². The number of primary amides is 1. The third-order valence-electron chi connectivity index (χ3n) is 9.10. The van der Waals surface area contributed by atoms with Gasteiger partial charge in [0, 0.05) is 37.3 Å². The van der Waals surface area contributed by atoms with E-state index in [1.807, 2.05) is 26.8 Å². The van der Waals surface area contributed by atoms with Crippen LogP contribution in [0.4, 0.5) is 10.6 Å². The van der Waals surface area contributed by atoms with Crippen molar-refractivity contribution in [2.45, 2.75) is 58.9 Å². The second kappa shape index (κ2) is 10.8. The lowest BCUT2D eigenvalue weighted by Crippen LogP contribution is -2.60. The Kier molecular flexibility index (Phi) is 7.63. The Morgan fingerprint density at radius 2 is 1.90 bits per heavy atom. The van der Waals surface area contributed by atoms with Crippen molar-refractivity contribution in [2.75, 3.05) is 44.4 Å². The Labute approximate surface area is 229 Å². The van der Waals surface area contributed by atoms with Gasteiger partial charge in [-0.3, -0.25) is 9.59 Å². The van der Waals surface area contributed by atoms with Crippen molar-refractivity contribution in [3.05, 3.63) is 17.8 Å². The van der Waals surface area contributed by atoms with Gasteiger partial charge in [0.25, 0.3) is 5.91 Å². The second-order valence-corrected chi connectivity index (χ2v) is 12.4. The van der Waals surface area contributed by atoms with Crippen molar-refractivity contribution in [1.29, 1.82) is 0 Å². The summed E-state index contributed by atoms with van der Waals surface area (Å²) in [6.45, 7) is 8.99. The van der Waals surface area contributed by atoms with Gasteiger partial charge in [0.1, 0.15) is 11.4 Å². The van der Waals surface area contributed by atoms with Crippen LogP contribution in [0.1, 0.15) is 63.2 Å². The lowest BCUT2D eigenvalue weighted by atomic mass is 9.48. The van der Waals surface area contributed by atoms with Crippen LogP contribution in [0, 0.1) is 28.6 Å². The van der Waals surface area contributed by atoms with Gasteiger partial charge < -0.3 is 30.7 Å². The number of aromatic nitrogens is 2. The van der Waals surface area contributed by atoms with Crippen LogP contribution in [0.3, 0.4) is 0 Å². The van der Waals surface area contributed by atoms with E-state index in [0.717, 1.165) is 32.1 Å². The van der Waals surface area contributed by atoms with Gasteiger partial charge in [0.05, 0.1) is 31.4 Å². The highest BCUT2D eigenvalue weighted by molar-refractivity contribution is 5.99. The van der Waals surface area contributed by atoms with Crippen LogP contribution in [0.25, 0.3) is 6.20 Å². The standard InChI is InChI=1S/C28H42N6O5/c1-4-30-25(36)27(2,3)5-6-34-24(33-7-9-38-10-8-33)21(16-31-34)23(35)32-22-19-11-18-12-20(22)15-28(13-18,14-19)17-39-26(29)37/h5-6,16,18-20,22H,4,7-15,17H2,1-3H3,(H2,29,37)(H,30,36)(H,32,35). The van der Waals surface area contributed by atoms with Crippen molar-refractivity contribution in [2.24, 2.45) is 34.3 Å². The van der Waals surface area contributed by atoms with Gasteiger partial charge in [0.15, 0.2) is 0 Å². The molecular formula is C28H42N6O5. The van der Waals surface area contributed by atoms with Crippen LogP contribution >= 0.6 is 0 Å². The Hall–Kier alpha value is -3.08. The highest BCUT2D eigenvalue weighted by Gasteiger charge is 2.56. The first-order valence-corrected chi connectivity index (χ1v) is 14.2. The third kappa shape index (κ3) is 5.64. The minimum absolute atomic E-state index is 0.0156. The topological polar surface area (TPSA) is 141 Å². The summed E-state index contributed by atoms with van der Waals surface area (Å²) in [5.41, 5.74) is 5.04. The summed E-state index contributed by atoms with van der Waals surface area (Å²) in [6, 6.07) is 0.0869. The van der Waals surface area contributed by atoms with Gasteiger partial charge in [-0.25, -0.2) is 9.48 Å². The maximum Gasteiger partial charge on any atom is 0.404 e. The Morgan fingerprint density at radius 3 is 2.54 bits per heavy atom. The highest BCUT2D eigenvalue weighted by atomic mass is 16.5. The molecular weight excluding hydrogens is 500 g/mol. The number of nitrogens with one attached hydrogen (secondary N) is 2. The number of hydrogen-bond acceptors (Lipinski definition) is 7. The van der Waals surface area contributed by atoms with Gasteiger partial charge in [-0.1, -0.05) is 6.08 Å². The monoisotopic (exact) mass is 542 g/mol. The van der Waals surface area contributed by atoms with Crippen molar-refractivity contribution in [1.82, 2.24) is 20.4 Å². The number of carbonyl (C=O) groups excluding carboxylic acids is 3. The molecule has 5 aliphatic rings. The molecule has 39 heavy (non-hydrogen) atoms. The molecule has 11 nitrogen and oxygen atoms in total. The van der Waals surface area contributed by atoms with Crippen LogP contribution in [0.15, 0.2) is 12.3 Å². The summed E-state index contributed by atoms with van der Waals surface area (Å²) in [7, 11) is 0. The zero-order chi connectivity index (χ0) is 27.8. The minimum Gasteiger partial charge on any atom is -0.449 e. The predicted octanol–water partition coefficient (Wildman–Crippen LogP) is 2.37. The lowest BCUT2D eigenvalue weighted by molar-refractivity contribution is -0.127. The summed E-state index contributed by atoms with van der Waals surface area (Å²) >= 11 is 0. The van der Waals surface area contributed by atoms with Crippen molar-refractivity contribution < 1.29 is 23.9 Å². The first-order valence-electron chi connectivity index (χ1n) is 14.2. The molecule has 4 aliphatic carbocycles. The molecule has 0 radical (unpaired) electrons. The average molecular weight is 543 g/mol. The van der Waals surface area contributed by atoms with E-state index in [1.165, 1.54) is 0 Å². The summed E-state index contributed by atoms with van der Waals surface area (Å²) < 4.78 is 12.5. The van der Waals surface area contributed by atoms with Gasteiger partial charge in [0.2, 0.25) is 5.91 Å². The molecule has 4 bridgehead atoms. The lowest BCUT2D eigenvalue weighted by Gasteiger charge is -2.59. The molecule has 1 aromatic heterocycles. The van der Waals surface area contributed by atoms with Gasteiger partial charge >= 0.3 is 6.09 Å². The third-order valence-corrected chi connectivity index (χ3v) is 9.10. The molecule has 2 unspecified atom stereocenters. The fraction of sp³-hybridized carbons (Fsp3) is 0.714. The summed E-state index contributed by atoms with van der Waals surface area (Å²) in [5, 5.41) is 10.8. The fourth-order valence-electron chi connectivity index (χ4n) is 7.49. The summed E-state index contributed by atoms with van der Waals surface area (Å²) in [6.07, 6.45) is 9.63. The minimum atomic E-state index is -0.735.